The van der Waals surface area contributed by atoms with Gasteiger partial charge in [-0.05, 0) is 67.6 Å². The minimum absolute atomic E-state index is 0.112. The number of rotatable bonds is 10. The fraction of sp³-hybridized carbons (Fsp3) is 0.314. The highest BCUT2D eigenvalue weighted by Crippen LogP contribution is 2.48. The maximum absolute atomic E-state index is 11.9. The van der Waals surface area contributed by atoms with Gasteiger partial charge in [0, 0.05) is 70.9 Å². The summed E-state index contributed by atoms with van der Waals surface area (Å²) < 4.78 is 2.32. The zero-order valence-corrected chi connectivity index (χ0v) is 26.8. The Balaban J connectivity index is 1.44. The van der Waals surface area contributed by atoms with Crippen LogP contribution in [0.2, 0.25) is 0 Å². The van der Waals surface area contributed by atoms with Gasteiger partial charge in [0.1, 0.15) is 6.54 Å². The Morgan fingerprint density at radius 3 is 2.55 bits per heavy atom. The Bertz CT molecular complexity index is 1710. The summed E-state index contributed by atoms with van der Waals surface area (Å²) in [7, 11) is 0. The van der Waals surface area contributed by atoms with Crippen LogP contribution in [0.25, 0.3) is 10.4 Å². The van der Waals surface area contributed by atoms with E-state index in [4.69, 9.17) is 5.84 Å². The standard InChI is InChI=1S/C35H39N5O3S/c1-6-38-28-19-17-25(40(42)43)23-27(28)35(4,5)31(38)13-8-7-9-14-32-34(2,3)26-22-24(30-12-11-21-44-30)16-18-29(26)39(32)20-10-15-33(41)37-36/h7-9,11-14,16-19,21-23H,6,10,15,20,36H2,1-5H3/p+1. The third kappa shape index (κ3) is 5.65. The highest BCUT2D eigenvalue weighted by atomic mass is 32.1. The number of thiophene rings is 1. The molecule has 5 rings (SSSR count). The van der Waals surface area contributed by atoms with Crippen LogP contribution in [-0.2, 0) is 15.6 Å². The van der Waals surface area contributed by atoms with Crippen LogP contribution in [0.3, 0.4) is 0 Å². The van der Waals surface area contributed by atoms with Crippen molar-refractivity contribution in [3.8, 4) is 10.4 Å². The van der Waals surface area contributed by atoms with E-state index in [1.165, 1.54) is 16.0 Å². The fourth-order valence-electron chi connectivity index (χ4n) is 6.46. The molecule has 0 fully saturated rings. The number of nitrogens with two attached hydrogens (primary N) is 1. The van der Waals surface area contributed by atoms with Crippen LogP contribution < -0.4 is 16.2 Å². The van der Waals surface area contributed by atoms with Crippen LogP contribution >= 0.6 is 11.3 Å². The molecule has 3 heterocycles. The molecule has 0 unspecified atom stereocenters. The van der Waals surface area contributed by atoms with Crippen LogP contribution in [0.15, 0.2) is 90.0 Å². The van der Waals surface area contributed by atoms with Crippen LogP contribution in [0.4, 0.5) is 17.1 Å². The topological polar surface area (TPSA) is 105 Å². The van der Waals surface area contributed by atoms with Crippen molar-refractivity contribution in [2.75, 3.05) is 18.0 Å². The van der Waals surface area contributed by atoms with Crippen molar-refractivity contribution in [3.05, 3.63) is 111 Å². The Labute approximate surface area is 263 Å². The average Bonchev–Trinajstić information content (AvgIpc) is 3.67. The number of carbonyl (C=O) groups is 1. The lowest BCUT2D eigenvalue weighted by atomic mass is 9.80. The molecule has 0 spiro atoms. The molecule has 228 valence electrons. The average molecular weight is 611 g/mol. The number of carbonyl (C=O) groups excluding carboxylic acids is 1. The number of fused-ring (bicyclic) bond motifs is 2. The zero-order valence-electron chi connectivity index (χ0n) is 26.0. The molecular weight excluding hydrogens is 570 g/mol. The SMILES string of the molecule is CCN1/C(=C/C=C/C=C/C2=[N+](CCCC(=O)NN)c3ccc(-c4cccs4)cc3C2(C)C)C(C)(C)c2cc([N+](=O)[O-])ccc21. The number of amides is 1. The number of nitro groups is 1. The molecule has 2 aliphatic rings. The maximum atomic E-state index is 11.9. The highest BCUT2D eigenvalue weighted by Gasteiger charge is 2.44. The first-order valence-corrected chi connectivity index (χ1v) is 15.8. The van der Waals surface area contributed by atoms with Crippen molar-refractivity contribution in [2.45, 2.75) is 58.3 Å². The Morgan fingerprint density at radius 1 is 1.07 bits per heavy atom. The van der Waals surface area contributed by atoms with Crippen LogP contribution in [0.5, 0.6) is 0 Å². The Morgan fingerprint density at radius 2 is 1.86 bits per heavy atom. The lowest BCUT2D eigenvalue weighted by Crippen LogP contribution is -2.31. The molecule has 0 aliphatic carbocycles. The number of nitrogens with one attached hydrogen (secondary N) is 1. The van der Waals surface area contributed by atoms with E-state index in [2.05, 4.69) is 103 Å². The summed E-state index contributed by atoms with van der Waals surface area (Å²) in [5.41, 5.74) is 9.59. The molecular formula is C35H40N5O3S+. The van der Waals surface area contributed by atoms with Gasteiger partial charge < -0.3 is 4.90 Å². The second-order valence-electron chi connectivity index (χ2n) is 12.2. The van der Waals surface area contributed by atoms with Gasteiger partial charge in [0.2, 0.25) is 11.6 Å². The molecule has 1 aromatic heterocycles. The highest BCUT2D eigenvalue weighted by molar-refractivity contribution is 7.13. The summed E-state index contributed by atoms with van der Waals surface area (Å²) in [6, 6.07) is 16.0. The molecule has 3 aromatic rings. The largest absolute Gasteiger partial charge is 0.344 e. The predicted molar refractivity (Wildman–Crippen MR) is 180 cm³/mol. The Hall–Kier alpha value is -4.34. The number of likely N-dealkylation sites (N-methyl/N-ethyl adjacent to an activating group) is 1. The van der Waals surface area contributed by atoms with Gasteiger partial charge in [-0.3, -0.25) is 20.3 Å². The number of non-ortho nitro benzene ring substituents is 1. The van der Waals surface area contributed by atoms with Crippen LogP contribution in [0.1, 0.15) is 58.6 Å². The van der Waals surface area contributed by atoms with E-state index < -0.39 is 0 Å². The lowest BCUT2D eigenvalue weighted by molar-refractivity contribution is -0.438. The summed E-state index contributed by atoms with van der Waals surface area (Å²) in [4.78, 5) is 26.4. The molecule has 0 saturated heterocycles. The summed E-state index contributed by atoms with van der Waals surface area (Å²) >= 11 is 1.73. The lowest BCUT2D eigenvalue weighted by Gasteiger charge is -2.25. The van der Waals surface area contributed by atoms with Gasteiger partial charge in [0.15, 0.2) is 5.71 Å². The van der Waals surface area contributed by atoms with Gasteiger partial charge in [-0.25, -0.2) is 5.84 Å². The molecule has 2 aromatic carbocycles. The van der Waals surface area contributed by atoms with E-state index in [0.717, 1.165) is 34.9 Å². The molecule has 0 bridgehead atoms. The number of nitro benzene ring substituents is 1. The molecule has 0 atom stereocenters. The number of hydrogen-bond donors (Lipinski definition) is 2. The van der Waals surface area contributed by atoms with E-state index in [-0.39, 0.29) is 27.3 Å². The molecule has 0 radical (unpaired) electrons. The van der Waals surface area contributed by atoms with Gasteiger partial charge in [0.05, 0.1) is 10.3 Å². The smallest absolute Gasteiger partial charge is 0.269 e. The number of hydrogen-bond acceptors (Lipinski definition) is 6. The minimum atomic E-state index is -0.373. The Kier molecular flexibility index (Phi) is 8.72. The number of nitrogens with zero attached hydrogens (tertiary/aromatic N) is 3. The van der Waals surface area contributed by atoms with Gasteiger partial charge >= 0.3 is 0 Å². The zero-order chi connectivity index (χ0) is 31.6. The van der Waals surface area contributed by atoms with Crippen molar-refractivity contribution < 1.29 is 14.3 Å². The molecule has 8 nitrogen and oxygen atoms in total. The van der Waals surface area contributed by atoms with Crippen molar-refractivity contribution in [1.29, 1.82) is 0 Å². The summed E-state index contributed by atoms with van der Waals surface area (Å²) in [5, 5.41) is 13.5. The van der Waals surface area contributed by atoms with E-state index in [0.29, 0.717) is 19.4 Å². The van der Waals surface area contributed by atoms with Crippen LogP contribution in [0, 0.1) is 10.1 Å². The van der Waals surface area contributed by atoms with E-state index >= 15 is 0 Å². The minimum Gasteiger partial charge on any atom is -0.344 e. The van der Waals surface area contributed by atoms with Gasteiger partial charge in [-0.2, -0.15) is 4.58 Å². The number of hydrazine groups is 1. The number of benzene rings is 2. The van der Waals surface area contributed by atoms with E-state index in [1.807, 2.05) is 18.2 Å². The molecule has 0 saturated carbocycles. The maximum Gasteiger partial charge on any atom is 0.269 e. The second kappa shape index (κ2) is 12.3. The van der Waals surface area contributed by atoms with E-state index in [1.54, 1.807) is 23.5 Å². The van der Waals surface area contributed by atoms with Crippen molar-refractivity contribution in [3.63, 3.8) is 0 Å². The third-order valence-electron chi connectivity index (χ3n) is 8.78. The summed E-state index contributed by atoms with van der Waals surface area (Å²) in [6.45, 7) is 12.3. The van der Waals surface area contributed by atoms with Crippen molar-refractivity contribution in [1.82, 2.24) is 5.43 Å². The van der Waals surface area contributed by atoms with Gasteiger partial charge in [-0.15, -0.1) is 11.3 Å². The molecule has 3 N–H and O–H groups in total. The first-order chi connectivity index (χ1) is 21.0. The number of allylic oxidation sites excluding steroid dienone is 6. The number of anilines is 1. The molecule has 1 amide bonds. The fourth-order valence-corrected chi connectivity index (χ4v) is 7.18. The van der Waals surface area contributed by atoms with Crippen molar-refractivity contribution in [2.24, 2.45) is 5.84 Å². The first-order valence-electron chi connectivity index (χ1n) is 15.0. The summed E-state index contributed by atoms with van der Waals surface area (Å²) in [5.74, 6) is 5.15. The second-order valence-corrected chi connectivity index (χ2v) is 13.1. The summed E-state index contributed by atoms with van der Waals surface area (Å²) in [6.07, 6.45) is 11.4. The first kappa shape index (κ1) is 31.1. The monoisotopic (exact) mass is 610 g/mol. The predicted octanol–water partition coefficient (Wildman–Crippen LogP) is 7.28. The van der Waals surface area contributed by atoms with Gasteiger partial charge in [0.25, 0.3) is 5.69 Å². The third-order valence-corrected chi connectivity index (χ3v) is 9.70. The molecule has 2 aliphatic heterocycles. The van der Waals surface area contributed by atoms with Gasteiger partial charge in [-0.1, -0.05) is 38.1 Å². The van der Waals surface area contributed by atoms with Crippen molar-refractivity contribution >= 4 is 40.0 Å². The molecule has 44 heavy (non-hydrogen) atoms. The van der Waals surface area contributed by atoms with E-state index in [9.17, 15) is 14.9 Å². The normalized spacial score (nSPS) is 17.6. The quantitative estimate of drug-likeness (QED) is 0.0627. The molecule has 9 heteroatoms. The van der Waals surface area contributed by atoms with Crippen LogP contribution in [-0.4, -0.2) is 34.2 Å².